The Labute approximate surface area is 169 Å². The molecular weight excluding hydrogens is 385 g/mol. The van der Waals surface area contributed by atoms with Crippen molar-refractivity contribution in [2.24, 2.45) is 5.92 Å². The first-order valence-corrected chi connectivity index (χ1v) is 9.67. The van der Waals surface area contributed by atoms with E-state index < -0.39 is 0 Å². The first kappa shape index (κ1) is 19.7. The topological polar surface area (TPSA) is 46.6 Å². The van der Waals surface area contributed by atoms with Crippen LogP contribution < -0.4 is 0 Å². The highest BCUT2D eigenvalue weighted by molar-refractivity contribution is 6.35. The fourth-order valence-electron chi connectivity index (χ4n) is 3.23. The number of hydrogen-bond acceptors (Lipinski definition) is 3. The predicted octanol–water partition coefficient (Wildman–Crippen LogP) is 4.90. The number of ether oxygens (including phenoxy) is 1. The van der Waals surface area contributed by atoms with Crippen LogP contribution in [0.2, 0.25) is 10.0 Å². The lowest BCUT2D eigenvalue weighted by Crippen LogP contribution is -2.40. The van der Waals surface area contributed by atoms with Crippen molar-refractivity contribution in [3.8, 4) is 0 Å². The molecule has 4 nitrogen and oxygen atoms in total. The van der Waals surface area contributed by atoms with Crippen LogP contribution >= 0.6 is 23.2 Å². The lowest BCUT2D eigenvalue weighted by molar-refractivity contribution is -0.151. The van der Waals surface area contributed by atoms with Crippen LogP contribution in [-0.2, 0) is 16.1 Å². The van der Waals surface area contributed by atoms with Crippen LogP contribution in [0.4, 0.5) is 0 Å². The molecule has 142 valence electrons. The van der Waals surface area contributed by atoms with E-state index in [1.54, 1.807) is 23.1 Å². The van der Waals surface area contributed by atoms with Gasteiger partial charge in [-0.25, -0.2) is 0 Å². The summed E-state index contributed by atoms with van der Waals surface area (Å²) < 4.78 is 5.42. The zero-order chi connectivity index (χ0) is 19.4. The molecule has 6 heteroatoms. The van der Waals surface area contributed by atoms with Gasteiger partial charge in [0.2, 0.25) is 0 Å². The molecular formula is C21H21Cl2NO3. The summed E-state index contributed by atoms with van der Waals surface area (Å²) in [7, 11) is 0. The average molecular weight is 406 g/mol. The minimum Gasteiger partial charge on any atom is -0.460 e. The number of nitrogens with zero attached hydrogens (tertiary/aromatic N) is 1. The lowest BCUT2D eigenvalue weighted by atomic mass is 9.96. The van der Waals surface area contributed by atoms with E-state index >= 15 is 0 Å². The van der Waals surface area contributed by atoms with Crippen molar-refractivity contribution in [1.82, 2.24) is 4.90 Å². The Morgan fingerprint density at radius 3 is 2.30 bits per heavy atom. The van der Waals surface area contributed by atoms with Gasteiger partial charge in [0.15, 0.2) is 0 Å². The summed E-state index contributed by atoms with van der Waals surface area (Å²) in [6.45, 7) is 3.07. The molecule has 0 atom stereocenters. The third-order valence-electron chi connectivity index (χ3n) is 4.91. The van der Waals surface area contributed by atoms with Gasteiger partial charge in [0.05, 0.1) is 5.92 Å². The van der Waals surface area contributed by atoms with Crippen LogP contribution in [0.25, 0.3) is 0 Å². The van der Waals surface area contributed by atoms with Crippen molar-refractivity contribution in [3.05, 3.63) is 69.2 Å². The van der Waals surface area contributed by atoms with Crippen LogP contribution in [0.15, 0.2) is 42.5 Å². The number of benzene rings is 2. The van der Waals surface area contributed by atoms with Crippen LogP contribution in [0.5, 0.6) is 0 Å². The minimum atomic E-state index is -0.269. The minimum absolute atomic E-state index is 0.0165. The summed E-state index contributed by atoms with van der Waals surface area (Å²) in [5.41, 5.74) is 2.29. The lowest BCUT2D eigenvalue weighted by Gasteiger charge is -2.31. The van der Waals surface area contributed by atoms with E-state index in [1.165, 1.54) is 0 Å². The molecule has 1 heterocycles. The number of aryl methyl sites for hydroxylation is 1. The number of amides is 1. The van der Waals surface area contributed by atoms with Crippen molar-refractivity contribution in [2.45, 2.75) is 26.4 Å². The van der Waals surface area contributed by atoms with Gasteiger partial charge in [-0.2, -0.15) is 0 Å². The Kier molecular flexibility index (Phi) is 6.40. The molecule has 0 spiro atoms. The van der Waals surface area contributed by atoms with Crippen molar-refractivity contribution >= 4 is 35.1 Å². The van der Waals surface area contributed by atoms with E-state index in [1.807, 2.05) is 31.2 Å². The highest BCUT2D eigenvalue weighted by Crippen LogP contribution is 2.26. The zero-order valence-corrected chi connectivity index (χ0v) is 16.6. The number of likely N-dealkylation sites (tertiary alicyclic amines) is 1. The fraction of sp³-hybridized carbons (Fsp3) is 0.333. The van der Waals surface area contributed by atoms with E-state index in [0.29, 0.717) is 47.1 Å². The Morgan fingerprint density at radius 2 is 1.67 bits per heavy atom. The summed E-state index contributed by atoms with van der Waals surface area (Å²) in [6, 6.07) is 12.7. The number of hydrogen-bond donors (Lipinski definition) is 0. The largest absolute Gasteiger partial charge is 0.460 e. The quantitative estimate of drug-likeness (QED) is 0.679. The monoisotopic (exact) mass is 405 g/mol. The molecule has 1 aliphatic heterocycles. The second-order valence-electron chi connectivity index (χ2n) is 6.69. The first-order chi connectivity index (χ1) is 13.0. The zero-order valence-electron chi connectivity index (χ0n) is 15.1. The van der Waals surface area contributed by atoms with Gasteiger partial charge in [-0.05, 0) is 43.5 Å². The average Bonchev–Trinajstić information content (AvgIpc) is 2.67. The predicted molar refractivity (Wildman–Crippen MR) is 106 cm³/mol. The van der Waals surface area contributed by atoms with Crippen LogP contribution in [0.1, 0.15) is 34.3 Å². The van der Waals surface area contributed by atoms with Crippen molar-refractivity contribution in [3.63, 3.8) is 0 Å². The first-order valence-electron chi connectivity index (χ1n) is 8.92. The van der Waals surface area contributed by atoms with Gasteiger partial charge in [-0.15, -0.1) is 0 Å². The van der Waals surface area contributed by atoms with E-state index in [0.717, 1.165) is 5.56 Å². The summed E-state index contributed by atoms with van der Waals surface area (Å²) in [5.74, 6) is -0.469. The SMILES string of the molecule is Cc1ccccc1C(=O)N1CCC(C(=O)OCc2c(Cl)cccc2Cl)CC1. The van der Waals surface area contributed by atoms with Crippen LogP contribution in [0, 0.1) is 12.8 Å². The number of esters is 1. The summed E-state index contributed by atoms with van der Waals surface area (Å²) >= 11 is 12.2. The van der Waals surface area contributed by atoms with E-state index in [2.05, 4.69) is 0 Å². The standard InChI is InChI=1S/C21H21Cl2NO3/c1-14-5-2-3-6-16(14)20(25)24-11-9-15(10-12-24)21(26)27-13-17-18(22)7-4-8-19(17)23/h2-8,15H,9-13H2,1H3. The van der Waals surface area contributed by atoms with Crippen LogP contribution in [0.3, 0.4) is 0 Å². The summed E-state index contributed by atoms with van der Waals surface area (Å²) in [6.07, 6.45) is 1.18. The summed E-state index contributed by atoms with van der Waals surface area (Å²) in [5, 5.41) is 0.961. The van der Waals surface area contributed by atoms with Gasteiger partial charge < -0.3 is 9.64 Å². The van der Waals surface area contributed by atoms with Gasteiger partial charge in [0, 0.05) is 34.3 Å². The maximum Gasteiger partial charge on any atom is 0.309 e. The second kappa shape index (κ2) is 8.77. The number of carbonyl (C=O) groups is 2. The fourth-order valence-corrected chi connectivity index (χ4v) is 3.74. The molecule has 0 aromatic heterocycles. The highest BCUT2D eigenvalue weighted by Gasteiger charge is 2.29. The maximum absolute atomic E-state index is 12.7. The molecule has 2 aromatic carbocycles. The molecule has 1 aliphatic rings. The molecule has 1 fully saturated rings. The Hall–Kier alpha value is -2.04. The maximum atomic E-state index is 12.7. The van der Waals surface area contributed by atoms with Gasteiger partial charge in [0.25, 0.3) is 5.91 Å². The third-order valence-corrected chi connectivity index (χ3v) is 5.62. The second-order valence-corrected chi connectivity index (χ2v) is 7.50. The molecule has 3 rings (SSSR count). The number of halogens is 2. The van der Waals surface area contributed by atoms with Gasteiger partial charge in [0.1, 0.15) is 6.61 Å². The number of piperidine rings is 1. The van der Waals surface area contributed by atoms with Crippen molar-refractivity contribution in [2.75, 3.05) is 13.1 Å². The Morgan fingerprint density at radius 1 is 1.04 bits per heavy atom. The molecule has 0 aliphatic carbocycles. The Bertz CT molecular complexity index is 825. The van der Waals surface area contributed by atoms with Crippen molar-refractivity contribution in [1.29, 1.82) is 0 Å². The normalized spacial score (nSPS) is 14.9. The van der Waals surface area contributed by atoms with E-state index in [4.69, 9.17) is 27.9 Å². The molecule has 0 N–H and O–H groups in total. The smallest absolute Gasteiger partial charge is 0.309 e. The van der Waals surface area contributed by atoms with Gasteiger partial charge in [-0.1, -0.05) is 47.5 Å². The van der Waals surface area contributed by atoms with Gasteiger partial charge in [-0.3, -0.25) is 9.59 Å². The van der Waals surface area contributed by atoms with E-state index in [9.17, 15) is 9.59 Å². The van der Waals surface area contributed by atoms with E-state index in [-0.39, 0.29) is 24.4 Å². The summed E-state index contributed by atoms with van der Waals surface area (Å²) in [4.78, 5) is 26.8. The van der Waals surface area contributed by atoms with Crippen LogP contribution in [-0.4, -0.2) is 29.9 Å². The molecule has 0 saturated carbocycles. The van der Waals surface area contributed by atoms with Gasteiger partial charge >= 0.3 is 5.97 Å². The Balaban J connectivity index is 1.54. The van der Waals surface area contributed by atoms with Crippen molar-refractivity contribution < 1.29 is 14.3 Å². The molecule has 2 aromatic rings. The number of carbonyl (C=O) groups excluding carboxylic acids is 2. The molecule has 27 heavy (non-hydrogen) atoms. The molecule has 0 radical (unpaired) electrons. The molecule has 1 saturated heterocycles. The molecule has 0 bridgehead atoms. The molecule has 1 amide bonds. The highest BCUT2D eigenvalue weighted by atomic mass is 35.5. The molecule has 0 unspecified atom stereocenters. The number of rotatable bonds is 4. The third kappa shape index (κ3) is 4.63.